The highest BCUT2D eigenvalue weighted by atomic mass is 16.2. The monoisotopic (exact) mass is 270 g/mol. The summed E-state index contributed by atoms with van der Waals surface area (Å²) in [5.74, 6) is 0.366. The molecule has 3 fully saturated rings. The summed E-state index contributed by atoms with van der Waals surface area (Å²) in [6.45, 7) is 2.15. The number of aryl methyl sites for hydroxylation is 1. The molecule has 2 aliphatic carbocycles. The van der Waals surface area contributed by atoms with Crippen LogP contribution in [-0.4, -0.2) is 22.4 Å². The first-order valence-electron chi connectivity index (χ1n) is 7.87. The summed E-state index contributed by atoms with van der Waals surface area (Å²) in [6.07, 6.45) is 6.82. The van der Waals surface area contributed by atoms with Gasteiger partial charge >= 0.3 is 0 Å². The van der Waals surface area contributed by atoms with Crippen LogP contribution in [0.3, 0.4) is 0 Å². The number of carbonyl (C=O) groups excluding carboxylic acids is 1. The first-order valence-corrected chi connectivity index (χ1v) is 7.87. The van der Waals surface area contributed by atoms with Crippen molar-refractivity contribution < 1.29 is 4.79 Å². The molecule has 2 saturated carbocycles. The summed E-state index contributed by atoms with van der Waals surface area (Å²) in [5.41, 5.74) is 2.30. The molecule has 0 aromatic heterocycles. The molecule has 0 radical (unpaired) electrons. The van der Waals surface area contributed by atoms with Crippen LogP contribution in [0.15, 0.2) is 24.3 Å². The Morgan fingerprint density at radius 1 is 1.20 bits per heavy atom. The summed E-state index contributed by atoms with van der Waals surface area (Å²) < 4.78 is 0. The summed E-state index contributed by atoms with van der Waals surface area (Å²) in [5, 5.41) is 3.72. The lowest BCUT2D eigenvalue weighted by Crippen LogP contribution is -2.44. The third-order valence-electron chi connectivity index (χ3n) is 5.22. The van der Waals surface area contributed by atoms with Gasteiger partial charge in [0.2, 0.25) is 5.91 Å². The highest BCUT2D eigenvalue weighted by Gasteiger charge is 2.56. The van der Waals surface area contributed by atoms with Crippen molar-refractivity contribution in [3.63, 3.8) is 0 Å². The van der Waals surface area contributed by atoms with Crippen molar-refractivity contribution in [2.45, 2.75) is 63.2 Å². The largest absolute Gasteiger partial charge is 0.318 e. The van der Waals surface area contributed by atoms with Crippen LogP contribution in [0.1, 0.15) is 55.8 Å². The number of hydrogen-bond acceptors (Lipinski definition) is 2. The molecule has 3 nitrogen and oxygen atoms in total. The van der Waals surface area contributed by atoms with E-state index in [1.807, 2.05) is 0 Å². The molecular weight excluding hydrogens is 248 g/mol. The van der Waals surface area contributed by atoms with Crippen molar-refractivity contribution in [2.75, 3.05) is 0 Å². The van der Waals surface area contributed by atoms with E-state index in [9.17, 15) is 4.79 Å². The maximum absolute atomic E-state index is 13.0. The predicted molar refractivity (Wildman–Crippen MR) is 78.1 cm³/mol. The Kier molecular flexibility index (Phi) is 2.68. The van der Waals surface area contributed by atoms with Crippen LogP contribution in [0.5, 0.6) is 0 Å². The van der Waals surface area contributed by atoms with Crippen molar-refractivity contribution in [3.8, 4) is 0 Å². The third-order valence-corrected chi connectivity index (χ3v) is 5.22. The fourth-order valence-corrected chi connectivity index (χ4v) is 3.94. The molecule has 1 saturated heterocycles. The topological polar surface area (TPSA) is 32.3 Å². The lowest BCUT2D eigenvalue weighted by atomic mass is 9.98. The molecule has 1 aromatic rings. The molecule has 1 spiro atoms. The number of nitrogens with one attached hydrogen (secondary N) is 1. The molecule has 20 heavy (non-hydrogen) atoms. The zero-order chi connectivity index (χ0) is 13.7. The van der Waals surface area contributed by atoms with Gasteiger partial charge < -0.3 is 4.90 Å². The van der Waals surface area contributed by atoms with E-state index >= 15 is 0 Å². The van der Waals surface area contributed by atoms with E-state index < -0.39 is 0 Å². The van der Waals surface area contributed by atoms with Crippen molar-refractivity contribution in [1.82, 2.24) is 10.2 Å². The Morgan fingerprint density at radius 3 is 2.55 bits per heavy atom. The van der Waals surface area contributed by atoms with Crippen molar-refractivity contribution >= 4 is 5.91 Å². The van der Waals surface area contributed by atoms with Gasteiger partial charge in [-0.3, -0.25) is 10.1 Å². The van der Waals surface area contributed by atoms with E-state index in [2.05, 4.69) is 41.4 Å². The summed E-state index contributed by atoms with van der Waals surface area (Å²) in [7, 11) is 0. The molecule has 1 heterocycles. The van der Waals surface area contributed by atoms with E-state index in [4.69, 9.17) is 0 Å². The van der Waals surface area contributed by atoms with Crippen LogP contribution in [0, 0.1) is 6.92 Å². The molecule has 0 bridgehead atoms. The lowest BCUT2D eigenvalue weighted by molar-refractivity contribution is -0.133. The highest BCUT2D eigenvalue weighted by molar-refractivity contribution is 5.90. The molecule has 1 aromatic carbocycles. The Labute approximate surface area is 120 Å². The SMILES string of the molecule is Cc1ccccc1C1NC2(CCCC2)C(=O)N1C1CC1. The molecule has 1 aliphatic heterocycles. The fourth-order valence-electron chi connectivity index (χ4n) is 3.94. The van der Waals surface area contributed by atoms with Gasteiger partial charge in [-0.2, -0.15) is 0 Å². The molecule has 3 aliphatic rings. The summed E-state index contributed by atoms with van der Waals surface area (Å²) in [4.78, 5) is 15.1. The number of hydrogen-bond donors (Lipinski definition) is 1. The van der Waals surface area contributed by atoms with Crippen LogP contribution in [0.4, 0.5) is 0 Å². The first kappa shape index (κ1) is 12.4. The lowest BCUT2D eigenvalue weighted by Gasteiger charge is -2.25. The van der Waals surface area contributed by atoms with Gasteiger partial charge in [-0.25, -0.2) is 0 Å². The first-order chi connectivity index (χ1) is 9.71. The van der Waals surface area contributed by atoms with E-state index in [1.165, 1.54) is 36.8 Å². The summed E-state index contributed by atoms with van der Waals surface area (Å²) in [6, 6.07) is 8.94. The number of nitrogens with zero attached hydrogens (tertiary/aromatic N) is 1. The maximum Gasteiger partial charge on any atom is 0.244 e. The van der Waals surface area contributed by atoms with Gasteiger partial charge in [0, 0.05) is 6.04 Å². The number of benzene rings is 1. The molecule has 4 rings (SSSR count). The molecule has 106 valence electrons. The average Bonchev–Trinajstić information content (AvgIpc) is 3.10. The Bertz CT molecular complexity index is 544. The van der Waals surface area contributed by atoms with Crippen LogP contribution >= 0.6 is 0 Å². The van der Waals surface area contributed by atoms with Gasteiger partial charge in [0.15, 0.2) is 0 Å². The van der Waals surface area contributed by atoms with E-state index in [1.54, 1.807) is 0 Å². The van der Waals surface area contributed by atoms with Crippen LogP contribution in [-0.2, 0) is 4.79 Å². The summed E-state index contributed by atoms with van der Waals surface area (Å²) >= 11 is 0. The quantitative estimate of drug-likeness (QED) is 0.896. The van der Waals surface area contributed by atoms with E-state index in [-0.39, 0.29) is 11.7 Å². The van der Waals surface area contributed by atoms with Crippen molar-refractivity contribution in [1.29, 1.82) is 0 Å². The number of amides is 1. The third kappa shape index (κ3) is 1.72. The van der Waals surface area contributed by atoms with Gasteiger partial charge in [0.1, 0.15) is 6.17 Å². The minimum atomic E-state index is -0.254. The zero-order valence-electron chi connectivity index (χ0n) is 12.1. The molecule has 3 heteroatoms. The standard InChI is InChI=1S/C17H22N2O/c1-12-6-2-3-7-14(12)15-18-17(10-4-5-11-17)16(20)19(15)13-8-9-13/h2-3,6-7,13,15,18H,4-5,8-11H2,1H3. The molecule has 1 unspecified atom stereocenters. The van der Waals surface area contributed by atoms with Crippen molar-refractivity contribution in [2.24, 2.45) is 0 Å². The predicted octanol–water partition coefficient (Wildman–Crippen LogP) is 2.90. The van der Waals surface area contributed by atoms with Gasteiger partial charge in [-0.1, -0.05) is 37.1 Å². The Morgan fingerprint density at radius 2 is 1.90 bits per heavy atom. The van der Waals surface area contributed by atoms with E-state index in [0.717, 1.165) is 12.8 Å². The number of rotatable bonds is 2. The average molecular weight is 270 g/mol. The van der Waals surface area contributed by atoms with Crippen molar-refractivity contribution in [3.05, 3.63) is 35.4 Å². The number of carbonyl (C=O) groups is 1. The molecule has 1 N–H and O–H groups in total. The second-order valence-corrected chi connectivity index (χ2v) is 6.64. The Hall–Kier alpha value is -1.35. The fraction of sp³-hybridized carbons (Fsp3) is 0.588. The van der Waals surface area contributed by atoms with Gasteiger partial charge in [-0.05, 0) is 43.7 Å². The zero-order valence-corrected chi connectivity index (χ0v) is 12.1. The normalized spacial score (nSPS) is 28.6. The van der Waals surface area contributed by atoms with Gasteiger partial charge in [-0.15, -0.1) is 0 Å². The Balaban J connectivity index is 1.74. The maximum atomic E-state index is 13.0. The second-order valence-electron chi connectivity index (χ2n) is 6.64. The smallest absolute Gasteiger partial charge is 0.244 e. The molecule has 1 amide bonds. The van der Waals surface area contributed by atoms with Gasteiger partial charge in [0.05, 0.1) is 5.54 Å². The van der Waals surface area contributed by atoms with Crippen LogP contribution in [0.2, 0.25) is 0 Å². The van der Waals surface area contributed by atoms with Gasteiger partial charge in [0.25, 0.3) is 0 Å². The highest BCUT2D eigenvalue weighted by Crippen LogP contribution is 2.46. The second kappa shape index (κ2) is 4.32. The minimum Gasteiger partial charge on any atom is -0.318 e. The minimum absolute atomic E-state index is 0.0919. The van der Waals surface area contributed by atoms with E-state index in [0.29, 0.717) is 11.9 Å². The van der Waals surface area contributed by atoms with Crippen LogP contribution in [0.25, 0.3) is 0 Å². The van der Waals surface area contributed by atoms with Crippen LogP contribution < -0.4 is 5.32 Å². The molecular formula is C17H22N2O. The molecule has 1 atom stereocenters.